The largest absolute Gasteiger partial charge is 0.311 e. The van der Waals surface area contributed by atoms with Gasteiger partial charge in [-0.2, -0.15) is 0 Å². The van der Waals surface area contributed by atoms with Crippen molar-refractivity contribution in [3.63, 3.8) is 0 Å². The van der Waals surface area contributed by atoms with Crippen LogP contribution in [0.15, 0.2) is 18.2 Å². The number of hydrogen-bond donors (Lipinski definition) is 1. The molecule has 1 rings (SSSR count). The first-order valence-electron chi connectivity index (χ1n) is 5.20. The van der Waals surface area contributed by atoms with E-state index in [4.69, 9.17) is 11.6 Å². The minimum Gasteiger partial charge on any atom is -0.311 e. The highest BCUT2D eigenvalue weighted by molar-refractivity contribution is 6.30. The van der Waals surface area contributed by atoms with Crippen LogP contribution in [0.3, 0.4) is 0 Å². The van der Waals surface area contributed by atoms with Crippen LogP contribution in [-0.2, 0) is 6.54 Å². The van der Waals surface area contributed by atoms with Crippen LogP contribution >= 0.6 is 11.6 Å². The zero-order valence-electron chi connectivity index (χ0n) is 9.68. The molecule has 0 aliphatic rings. The van der Waals surface area contributed by atoms with Gasteiger partial charge in [0.05, 0.1) is 0 Å². The molecule has 84 valence electrons. The second-order valence-corrected chi connectivity index (χ2v) is 4.49. The highest BCUT2D eigenvalue weighted by Crippen LogP contribution is 2.14. The Balaban J connectivity index is 2.37. The Labute approximate surface area is 97.2 Å². The molecule has 1 aromatic carbocycles. The van der Waals surface area contributed by atoms with Gasteiger partial charge in [-0.25, -0.2) is 0 Å². The van der Waals surface area contributed by atoms with Gasteiger partial charge in [0.2, 0.25) is 0 Å². The summed E-state index contributed by atoms with van der Waals surface area (Å²) in [7, 11) is 4.16. The smallest absolute Gasteiger partial charge is 0.0408 e. The number of hydrogen-bond acceptors (Lipinski definition) is 2. The molecule has 3 heteroatoms. The van der Waals surface area contributed by atoms with E-state index in [2.05, 4.69) is 37.3 Å². The molecule has 0 aromatic heterocycles. The summed E-state index contributed by atoms with van der Waals surface area (Å²) in [4.78, 5) is 2.17. The minimum absolute atomic E-state index is 0.810. The fourth-order valence-corrected chi connectivity index (χ4v) is 1.61. The van der Waals surface area contributed by atoms with Crippen molar-refractivity contribution in [3.8, 4) is 0 Å². The maximum absolute atomic E-state index is 5.89. The maximum atomic E-state index is 5.89. The van der Waals surface area contributed by atoms with Crippen LogP contribution in [0.2, 0.25) is 5.02 Å². The highest BCUT2D eigenvalue weighted by atomic mass is 35.5. The number of halogens is 1. The number of rotatable bonds is 5. The van der Waals surface area contributed by atoms with E-state index in [0.29, 0.717) is 0 Å². The first-order valence-corrected chi connectivity index (χ1v) is 5.58. The van der Waals surface area contributed by atoms with Crippen LogP contribution in [-0.4, -0.2) is 32.1 Å². The molecule has 1 aromatic rings. The van der Waals surface area contributed by atoms with Gasteiger partial charge in [-0.1, -0.05) is 17.7 Å². The van der Waals surface area contributed by atoms with Gasteiger partial charge >= 0.3 is 0 Å². The van der Waals surface area contributed by atoms with Crippen LogP contribution in [0.1, 0.15) is 11.1 Å². The van der Waals surface area contributed by atoms with Crippen molar-refractivity contribution in [2.24, 2.45) is 0 Å². The van der Waals surface area contributed by atoms with Gasteiger partial charge in [0, 0.05) is 24.7 Å². The van der Waals surface area contributed by atoms with E-state index in [1.807, 2.05) is 12.1 Å². The third-order valence-electron chi connectivity index (χ3n) is 2.36. The zero-order valence-corrected chi connectivity index (χ0v) is 10.4. The fourth-order valence-electron chi connectivity index (χ4n) is 1.38. The average Bonchev–Trinajstić information content (AvgIpc) is 2.14. The summed E-state index contributed by atoms with van der Waals surface area (Å²) in [6.45, 7) is 5.08. The Kier molecular flexibility index (Phi) is 5.09. The Morgan fingerprint density at radius 2 is 2.07 bits per heavy atom. The van der Waals surface area contributed by atoms with Gasteiger partial charge in [0.15, 0.2) is 0 Å². The molecule has 0 aliphatic heterocycles. The summed E-state index contributed by atoms with van der Waals surface area (Å²) in [6.07, 6.45) is 0. The van der Waals surface area contributed by atoms with E-state index in [0.717, 1.165) is 24.7 Å². The normalized spacial score (nSPS) is 11.0. The van der Waals surface area contributed by atoms with E-state index in [1.54, 1.807) is 0 Å². The van der Waals surface area contributed by atoms with Crippen LogP contribution in [0.5, 0.6) is 0 Å². The minimum atomic E-state index is 0.810. The summed E-state index contributed by atoms with van der Waals surface area (Å²) in [5, 5.41) is 4.22. The molecule has 0 saturated carbocycles. The van der Waals surface area contributed by atoms with E-state index < -0.39 is 0 Å². The third-order valence-corrected chi connectivity index (χ3v) is 2.59. The summed E-state index contributed by atoms with van der Waals surface area (Å²) >= 11 is 5.89. The van der Waals surface area contributed by atoms with Crippen molar-refractivity contribution in [3.05, 3.63) is 34.3 Å². The number of aryl methyl sites for hydroxylation is 1. The monoisotopic (exact) mass is 226 g/mol. The lowest BCUT2D eigenvalue weighted by atomic mass is 10.1. The Hall–Kier alpha value is -0.570. The van der Waals surface area contributed by atoms with E-state index >= 15 is 0 Å². The molecule has 0 amide bonds. The molecule has 0 saturated heterocycles. The molecule has 0 atom stereocenters. The highest BCUT2D eigenvalue weighted by Gasteiger charge is 1.98. The molecule has 0 unspecified atom stereocenters. The second kappa shape index (κ2) is 6.11. The number of nitrogens with one attached hydrogen (secondary N) is 1. The summed E-state index contributed by atoms with van der Waals surface area (Å²) in [5.74, 6) is 0. The lowest BCUT2D eigenvalue weighted by molar-refractivity contribution is 0.400. The molecular weight excluding hydrogens is 208 g/mol. The SMILES string of the molecule is Cc1cc(Cl)ccc1CNCCN(C)C. The van der Waals surface area contributed by atoms with Crippen LogP contribution < -0.4 is 5.32 Å². The van der Waals surface area contributed by atoms with Gasteiger partial charge in [0.1, 0.15) is 0 Å². The van der Waals surface area contributed by atoms with Crippen molar-refractivity contribution < 1.29 is 0 Å². The summed E-state index contributed by atoms with van der Waals surface area (Å²) in [5.41, 5.74) is 2.57. The molecule has 0 aliphatic carbocycles. The molecule has 0 bridgehead atoms. The molecular formula is C12H19ClN2. The van der Waals surface area contributed by atoms with Gasteiger partial charge in [-0.05, 0) is 44.3 Å². The van der Waals surface area contributed by atoms with Crippen molar-refractivity contribution in [1.82, 2.24) is 10.2 Å². The second-order valence-electron chi connectivity index (χ2n) is 4.05. The van der Waals surface area contributed by atoms with Gasteiger partial charge in [-0.15, -0.1) is 0 Å². The molecule has 0 fully saturated rings. The predicted octanol–water partition coefficient (Wildman–Crippen LogP) is 2.30. The first kappa shape index (κ1) is 12.5. The van der Waals surface area contributed by atoms with Crippen LogP contribution in [0.25, 0.3) is 0 Å². The Morgan fingerprint density at radius 1 is 1.33 bits per heavy atom. The van der Waals surface area contributed by atoms with Crippen LogP contribution in [0.4, 0.5) is 0 Å². The molecule has 0 radical (unpaired) electrons. The van der Waals surface area contributed by atoms with Gasteiger partial charge < -0.3 is 10.2 Å². The van der Waals surface area contributed by atoms with Crippen molar-refractivity contribution in [2.45, 2.75) is 13.5 Å². The van der Waals surface area contributed by atoms with E-state index in [1.165, 1.54) is 11.1 Å². The summed E-state index contributed by atoms with van der Waals surface area (Å²) < 4.78 is 0. The van der Waals surface area contributed by atoms with Gasteiger partial charge in [0.25, 0.3) is 0 Å². The first-order chi connectivity index (χ1) is 7.09. The van der Waals surface area contributed by atoms with Crippen molar-refractivity contribution in [2.75, 3.05) is 27.2 Å². The topological polar surface area (TPSA) is 15.3 Å². The van der Waals surface area contributed by atoms with Crippen molar-refractivity contribution in [1.29, 1.82) is 0 Å². The molecule has 1 N–H and O–H groups in total. The van der Waals surface area contributed by atoms with E-state index in [-0.39, 0.29) is 0 Å². The maximum Gasteiger partial charge on any atom is 0.0408 e. The molecule has 2 nitrogen and oxygen atoms in total. The third kappa shape index (κ3) is 4.65. The number of likely N-dealkylation sites (N-methyl/N-ethyl adjacent to an activating group) is 1. The quantitative estimate of drug-likeness (QED) is 0.776. The lowest BCUT2D eigenvalue weighted by Gasteiger charge is -2.11. The molecule has 0 spiro atoms. The molecule has 0 heterocycles. The molecule has 15 heavy (non-hydrogen) atoms. The zero-order chi connectivity index (χ0) is 11.3. The predicted molar refractivity (Wildman–Crippen MR) is 66.4 cm³/mol. The van der Waals surface area contributed by atoms with Crippen LogP contribution in [0, 0.1) is 6.92 Å². The average molecular weight is 227 g/mol. The Bertz CT molecular complexity index is 310. The lowest BCUT2D eigenvalue weighted by Crippen LogP contribution is -2.26. The summed E-state index contributed by atoms with van der Waals surface area (Å²) in [6, 6.07) is 6.03. The Morgan fingerprint density at radius 3 is 2.67 bits per heavy atom. The number of benzene rings is 1. The van der Waals surface area contributed by atoms with Crippen molar-refractivity contribution >= 4 is 11.6 Å². The fraction of sp³-hybridized carbons (Fsp3) is 0.500. The standard InChI is InChI=1S/C12H19ClN2/c1-10-8-12(13)5-4-11(10)9-14-6-7-15(2)3/h4-5,8,14H,6-7,9H2,1-3H3. The number of nitrogens with zero attached hydrogens (tertiary/aromatic N) is 1. The van der Waals surface area contributed by atoms with E-state index in [9.17, 15) is 0 Å². The van der Waals surface area contributed by atoms with Gasteiger partial charge in [-0.3, -0.25) is 0 Å².